The standard InChI is InChI=1S/C29H40N2O3Si/c1-22-15-17-23(18-16-22)27-26(28(32)30-19-11-8-12-20-30)25(34-35(5,6)29(2,3)4)21-33-31(27)24-13-9-7-10-14-24/h7,9-10,13-18,27H,8,11-12,19-21H2,1-6H3. The summed E-state index contributed by atoms with van der Waals surface area (Å²) in [4.78, 5) is 22.7. The lowest BCUT2D eigenvalue weighted by molar-refractivity contribution is -0.129. The van der Waals surface area contributed by atoms with Gasteiger partial charge in [0, 0.05) is 13.1 Å². The molecule has 5 nitrogen and oxygen atoms in total. The van der Waals surface area contributed by atoms with E-state index in [0.29, 0.717) is 5.76 Å². The fourth-order valence-electron chi connectivity index (χ4n) is 4.45. The highest BCUT2D eigenvalue weighted by molar-refractivity contribution is 6.74. The van der Waals surface area contributed by atoms with E-state index in [9.17, 15) is 4.79 Å². The molecule has 35 heavy (non-hydrogen) atoms. The predicted molar refractivity (Wildman–Crippen MR) is 145 cm³/mol. The first-order valence-electron chi connectivity index (χ1n) is 12.8. The van der Waals surface area contributed by atoms with Gasteiger partial charge in [-0.25, -0.2) is 5.06 Å². The van der Waals surface area contributed by atoms with Gasteiger partial charge < -0.3 is 9.33 Å². The van der Waals surface area contributed by atoms with Crippen molar-refractivity contribution in [3.63, 3.8) is 0 Å². The number of nitrogens with zero attached hydrogens (tertiary/aromatic N) is 2. The number of piperidine rings is 1. The maximum absolute atomic E-state index is 14.2. The van der Waals surface area contributed by atoms with Crippen LogP contribution in [0.2, 0.25) is 18.1 Å². The number of hydroxylamine groups is 1. The molecule has 0 aromatic heterocycles. The van der Waals surface area contributed by atoms with Gasteiger partial charge in [-0.05, 0) is 62.0 Å². The van der Waals surface area contributed by atoms with E-state index >= 15 is 0 Å². The molecule has 2 aliphatic rings. The van der Waals surface area contributed by atoms with Crippen molar-refractivity contribution >= 4 is 19.9 Å². The maximum atomic E-state index is 14.2. The SMILES string of the molecule is Cc1ccc(C2C(C(=O)N3CCCCC3)=C(O[Si](C)(C)C(C)(C)C)CON2c2ccccc2)cc1. The molecule has 1 atom stereocenters. The summed E-state index contributed by atoms with van der Waals surface area (Å²) in [6, 6.07) is 18.1. The molecule has 0 radical (unpaired) electrons. The Morgan fingerprint density at radius 1 is 0.971 bits per heavy atom. The van der Waals surface area contributed by atoms with E-state index in [1.807, 2.05) is 40.3 Å². The third-order valence-corrected chi connectivity index (χ3v) is 12.0. The minimum Gasteiger partial charge on any atom is -0.544 e. The van der Waals surface area contributed by atoms with Crippen LogP contribution < -0.4 is 5.06 Å². The molecule has 0 N–H and O–H groups in total. The normalized spacial score (nSPS) is 19.7. The van der Waals surface area contributed by atoms with E-state index in [4.69, 9.17) is 9.26 Å². The van der Waals surface area contributed by atoms with Crippen LogP contribution in [0.1, 0.15) is 57.2 Å². The van der Waals surface area contributed by atoms with Crippen molar-refractivity contribution in [2.45, 2.75) is 71.1 Å². The van der Waals surface area contributed by atoms with Crippen LogP contribution in [-0.2, 0) is 14.1 Å². The van der Waals surface area contributed by atoms with Crippen LogP contribution in [-0.4, -0.2) is 38.8 Å². The Hall–Kier alpha value is -2.57. The van der Waals surface area contributed by atoms with Gasteiger partial charge in [-0.3, -0.25) is 9.63 Å². The zero-order valence-electron chi connectivity index (χ0n) is 22.1. The number of hydrogen-bond acceptors (Lipinski definition) is 4. The minimum absolute atomic E-state index is 0.00913. The van der Waals surface area contributed by atoms with Gasteiger partial charge in [0.05, 0.1) is 11.3 Å². The summed E-state index contributed by atoms with van der Waals surface area (Å²) in [7, 11) is -2.20. The Kier molecular flexibility index (Phi) is 7.43. The molecule has 0 aliphatic carbocycles. The number of para-hydroxylation sites is 1. The summed E-state index contributed by atoms with van der Waals surface area (Å²) >= 11 is 0. The topological polar surface area (TPSA) is 42.0 Å². The third-order valence-electron chi connectivity index (χ3n) is 7.61. The van der Waals surface area contributed by atoms with E-state index in [-0.39, 0.29) is 23.6 Å². The number of aryl methyl sites for hydroxylation is 1. The molecular weight excluding hydrogens is 452 g/mol. The van der Waals surface area contributed by atoms with Crippen LogP contribution in [0.15, 0.2) is 65.9 Å². The maximum Gasteiger partial charge on any atom is 0.255 e. The smallest absolute Gasteiger partial charge is 0.255 e. The fraction of sp³-hybridized carbons (Fsp3) is 0.483. The average Bonchev–Trinajstić information content (AvgIpc) is 2.84. The molecule has 1 fully saturated rings. The van der Waals surface area contributed by atoms with Crippen molar-refractivity contribution < 1.29 is 14.1 Å². The van der Waals surface area contributed by atoms with Crippen LogP contribution in [0, 0.1) is 6.92 Å². The number of carbonyl (C=O) groups excluding carboxylic acids is 1. The Balaban J connectivity index is 1.88. The summed E-state index contributed by atoms with van der Waals surface area (Å²) in [6.45, 7) is 15.1. The molecule has 1 amide bonds. The lowest BCUT2D eigenvalue weighted by atomic mass is 9.93. The third kappa shape index (κ3) is 5.49. The van der Waals surface area contributed by atoms with Crippen molar-refractivity contribution in [1.29, 1.82) is 0 Å². The molecule has 4 rings (SSSR count). The van der Waals surface area contributed by atoms with Crippen LogP contribution in [0.25, 0.3) is 0 Å². The van der Waals surface area contributed by atoms with E-state index < -0.39 is 8.32 Å². The summed E-state index contributed by atoms with van der Waals surface area (Å²) in [6.07, 6.45) is 3.27. The molecule has 188 valence electrons. The van der Waals surface area contributed by atoms with Crippen LogP contribution in [0.5, 0.6) is 0 Å². The molecule has 0 spiro atoms. The molecule has 2 heterocycles. The highest BCUT2D eigenvalue weighted by Crippen LogP contribution is 2.43. The highest BCUT2D eigenvalue weighted by atomic mass is 28.4. The first kappa shape index (κ1) is 25.5. The van der Waals surface area contributed by atoms with E-state index in [1.54, 1.807) is 0 Å². The van der Waals surface area contributed by atoms with Crippen molar-refractivity contribution in [3.8, 4) is 0 Å². The molecule has 0 bridgehead atoms. The van der Waals surface area contributed by atoms with Gasteiger partial charge in [-0.2, -0.15) is 0 Å². The summed E-state index contributed by atoms with van der Waals surface area (Å²) in [5.74, 6) is 0.776. The van der Waals surface area contributed by atoms with Crippen molar-refractivity contribution in [2.24, 2.45) is 0 Å². The molecule has 6 heteroatoms. The zero-order valence-corrected chi connectivity index (χ0v) is 23.1. The van der Waals surface area contributed by atoms with E-state index in [2.05, 4.69) is 65.1 Å². The second-order valence-electron chi connectivity index (χ2n) is 11.3. The van der Waals surface area contributed by atoms with Gasteiger partial charge in [-0.15, -0.1) is 0 Å². The second-order valence-corrected chi connectivity index (χ2v) is 16.0. The Morgan fingerprint density at radius 2 is 1.60 bits per heavy atom. The molecule has 1 unspecified atom stereocenters. The first-order valence-corrected chi connectivity index (χ1v) is 15.7. The number of benzene rings is 2. The van der Waals surface area contributed by atoms with Crippen LogP contribution >= 0.6 is 0 Å². The number of hydrogen-bond donors (Lipinski definition) is 0. The van der Waals surface area contributed by atoms with Gasteiger partial charge in [0.25, 0.3) is 5.91 Å². The molecule has 1 saturated heterocycles. The van der Waals surface area contributed by atoms with Gasteiger partial charge in [-0.1, -0.05) is 68.8 Å². The summed E-state index contributed by atoms with van der Waals surface area (Å²) in [5, 5.41) is 1.91. The number of amides is 1. The molecule has 2 aromatic rings. The van der Waals surface area contributed by atoms with Crippen LogP contribution in [0.4, 0.5) is 5.69 Å². The Labute approximate surface area is 211 Å². The number of anilines is 1. The number of likely N-dealkylation sites (tertiary alicyclic amines) is 1. The minimum atomic E-state index is -2.20. The fourth-order valence-corrected chi connectivity index (χ4v) is 5.54. The van der Waals surface area contributed by atoms with Gasteiger partial charge >= 0.3 is 0 Å². The van der Waals surface area contributed by atoms with Crippen molar-refractivity contribution in [3.05, 3.63) is 77.1 Å². The molecule has 0 saturated carbocycles. The molecular formula is C29H40N2O3Si. The van der Waals surface area contributed by atoms with Crippen molar-refractivity contribution in [1.82, 2.24) is 4.90 Å². The largest absolute Gasteiger partial charge is 0.544 e. The van der Waals surface area contributed by atoms with Gasteiger partial charge in [0.2, 0.25) is 8.32 Å². The second kappa shape index (κ2) is 10.2. The van der Waals surface area contributed by atoms with Crippen LogP contribution in [0.3, 0.4) is 0 Å². The Morgan fingerprint density at radius 3 is 2.20 bits per heavy atom. The highest BCUT2D eigenvalue weighted by Gasteiger charge is 2.44. The lowest BCUT2D eigenvalue weighted by Crippen LogP contribution is -2.47. The number of carbonyl (C=O) groups is 1. The molecule has 2 aliphatic heterocycles. The Bertz CT molecular complexity index is 1050. The molecule has 2 aromatic carbocycles. The first-order chi connectivity index (χ1) is 16.6. The van der Waals surface area contributed by atoms with E-state index in [1.165, 1.54) is 12.0 Å². The average molecular weight is 493 g/mol. The predicted octanol–water partition coefficient (Wildman–Crippen LogP) is 6.78. The van der Waals surface area contributed by atoms with Gasteiger partial charge in [0.15, 0.2) is 0 Å². The van der Waals surface area contributed by atoms with Crippen molar-refractivity contribution in [2.75, 3.05) is 24.8 Å². The number of rotatable bonds is 5. The lowest BCUT2D eigenvalue weighted by Gasteiger charge is -2.44. The zero-order chi connectivity index (χ0) is 25.2. The van der Waals surface area contributed by atoms with E-state index in [0.717, 1.165) is 42.8 Å². The summed E-state index contributed by atoms with van der Waals surface area (Å²) < 4.78 is 6.85. The van der Waals surface area contributed by atoms with Gasteiger partial charge in [0.1, 0.15) is 18.4 Å². The quantitative estimate of drug-likeness (QED) is 0.432. The monoisotopic (exact) mass is 492 g/mol. The summed E-state index contributed by atoms with van der Waals surface area (Å²) in [5.41, 5.74) is 3.85.